The van der Waals surface area contributed by atoms with Gasteiger partial charge in [-0.05, 0) is 67.1 Å². The van der Waals surface area contributed by atoms with Gasteiger partial charge in [-0.15, -0.1) is 0 Å². The third-order valence-electron chi connectivity index (χ3n) is 5.38. The van der Waals surface area contributed by atoms with E-state index in [2.05, 4.69) is 10.3 Å². The quantitative estimate of drug-likeness (QED) is 0.309. The van der Waals surface area contributed by atoms with Gasteiger partial charge in [-0.25, -0.2) is 13.6 Å². The lowest BCUT2D eigenvalue weighted by molar-refractivity contribution is -0.146. The van der Waals surface area contributed by atoms with Crippen LogP contribution in [0.25, 0.3) is 11.1 Å². The van der Waals surface area contributed by atoms with E-state index >= 15 is 0 Å². The number of rotatable bonds is 11. The van der Waals surface area contributed by atoms with Crippen molar-refractivity contribution >= 4 is 11.9 Å². The Bertz CT molecular complexity index is 1310. The Morgan fingerprint density at radius 1 is 1.00 bits per heavy atom. The minimum Gasteiger partial charge on any atom is -0.479 e. The summed E-state index contributed by atoms with van der Waals surface area (Å²) in [5.74, 6) is -5.35. The van der Waals surface area contributed by atoms with Gasteiger partial charge in [0.15, 0.2) is 17.7 Å². The molecule has 0 aliphatic heterocycles. The molecule has 0 unspecified atom stereocenters. The molecule has 0 saturated carbocycles. The standard InChI is InChI=1S/C28H31F2N3O5/c1-15(2)8-24(28(35)36)38-27-23(30)13-22(29)26(33-27)37-21-11-19(18-7-5-6-17(9-18)14-31)10-20(12-21)25(34)32-16(3)4/h5-7,9-13,15-16,24H,8,14,31H2,1-4H3,(H,32,34)(H,35,36)/t24-/m1/s1. The third-order valence-corrected chi connectivity index (χ3v) is 5.38. The molecule has 38 heavy (non-hydrogen) atoms. The van der Waals surface area contributed by atoms with Gasteiger partial charge in [-0.2, -0.15) is 4.98 Å². The van der Waals surface area contributed by atoms with Crippen LogP contribution in [0.3, 0.4) is 0 Å². The Hall–Kier alpha value is -4.05. The molecule has 1 amide bonds. The van der Waals surface area contributed by atoms with Gasteiger partial charge in [0.25, 0.3) is 17.7 Å². The number of nitrogens with two attached hydrogens (primary N) is 1. The van der Waals surface area contributed by atoms with Crippen molar-refractivity contribution in [2.24, 2.45) is 11.7 Å². The molecule has 0 aliphatic rings. The number of hydrogen-bond donors (Lipinski definition) is 3. The molecule has 8 nitrogen and oxygen atoms in total. The number of amides is 1. The third kappa shape index (κ3) is 7.48. The summed E-state index contributed by atoms with van der Waals surface area (Å²) in [6, 6.07) is 12.4. The van der Waals surface area contributed by atoms with E-state index in [-0.39, 0.29) is 35.6 Å². The highest BCUT2D eigenvalue weighted by molar-refractivity contribution is 5.96. The van der Waals surface area contributed by atoms with Crippen LogP contribution in [-0.2, 0) is 11.3 Å². The van der Waals surface area contributed by atoms with Gasteiger partial charge >= 0.3 is 5.97 Å². The van der Waals surface area contributed by atoms with E-state index in [1.54, 1.807) is 26.0 Å². The number of hydrogen-bond acceptors (Lipinski definition) is 6. The second-order valence-corrected chi connectivity index (χ2v) is 9.52. The maximum absolute atomic E-state index is 14.7. The minimum atomic E-state index is -1.39. The molecule has 3 rings (SSSR count). The van der Waals surface area contributed by atoms with Gasteiger partial charge in [0.2, 0.25) is 0 Å². The van der Waals surface area contributed by atoms with Crippen LogP contribution < -0.4 is 20.5 Å². The number of aromatic nitrogens is 1. The molecule has 1 atom stereocenters. The average Bonchev–Trinajstić information content (AvgIpc) is 2.85. The molecule has 10 heteroatoms. The summed E-state index contributed by atoms with van der Waals surface area (Å²) in [4.78, 5) is 28.1. The molecular weight excluding hydrogens is 496 g/mol. The number of carbonyl (C=O) groups is 2. The van der Waals surface area contributed by atoms with E-state index in [9.17, 15) is 23.5 Å². The summed E-state index contributed by atoms with van der Waals surface area (Å²) >= 11 is 0. The number of carboxylic acid groups (broad SMARTS) is 1. The molecule has 202 valence electrons. The second-order valence-electron chi connectivity index (χ2n) is 9.52. The van der Waals surface area contributed by atoms with Gasteiger partial charge in [-0.3, -0.25) is 4.79 Å². The Morgan fingerprint density at radius 3 is 2.34 bits per heavy atom. The highest BCUT2D eigenvalue weighted by atomic mass is 19.1. The summed E-state index contributed by atoms with van der Waals surface area (Å²) in [5, 5.41) is 12.2. The van der Waals surface area contributed by atoms with Gasteiger partial charge < -0.3 is 25.6 Å². The first-order chi connectivity index (χ1) is 18.0. The summed E-state index contributed by atoms with van der Waals surface area (Å²) < 4.78 is 40.0. The first kappa shape index (κ1) is 28.5. The lowest BCUT2D eigenvalue weighted by atomic mass is 10.00. The number of halogens is 2. The molecule has 0 bridgehead atoms. The van der Waals surface area contributed by atoms with Crippen LogP contribution in [-0.4, -0.2) is 34.1 Å². The Labute approximate surface area is 219 Å². The maximum atomic E-state index is 14.7. The van der Waals surface area contributed by atoms with Crippen LogP contribution in [0.4, 0.5) is 8.78 Å². The molecular formula is C28H31F2N3O5. The van der Waals surface area contributed by atoms with Crippen molar-refractivity contribution in [1.29, 1.82) is 0 Å². The lowest BCUT2D eigenvalue weighted by Crippen LogP contribution is -2.30. The summed E-state index contributed by atoms with van der Waals surface area (Å²) in [5.41, 5.74) is 8.21. The lowest BCUT2D eigenvalue weighted by Gasteiger charge is -2.17. The van der Waals surface area contributed by atoms with E-state index < -0.39 is 35.5 Å². The van der Waals surface area contributed by atoms with Gasteiger partial charge in [-0.1, -0.05) is 32.0 Å². The Balaban J connectivity index is 2.03. The zero-order valence-electron chi connectivity index (χ0n) is 21.6. The Kier molecular flexibility index (Phi) is 9.35. The highest BCUT2D eigenvalue weighted by Gasteiger charge is 2.25. The first-order valence-corrected chi connectivity index (χ1v) is 12.2. The number of carbonyl (C=O) groups excluding carboxylic acids is 1. The number of ether oxygens (including phenoxy) is 2. The largest absolute Gasteiger partial charge is 0.479 e. The average molecular weight is 528 g/mol. The first-order valence-electron chi connectivity index (χ1n) is 12.2. The Morgan fingerprint density at radius 2 is 1.71 bits per heavy atom. The van der Waals surface area contributed by atoms with E-state index in [1.807, 2.05) is 38.1 Å². The SMILES string of the molecule is CC(C)C[C@@H](Oc1nc(Oc2cc(C(=O)NC(C)C)cc(-c3cccc(CN)c3)c2)c(F)cc1F)C(=O)O. The van der Waals surface area contributed by atoms with Crippen molar-refractivity contribution in [2.75, 3.05) is 0 Å². The maximum Gasteiger partial charge on any atom is 0.344 e. The van der Waals surface area contributed by atoms with E-state index in [1.165, 1.54) is 6.07 Å². The van der Waals surface area contributed by atoms with E-state index in [0.29, 0.717) is 18.2 Å². The molecule has 1 aromatic heterocycles. The molecule has 0 fully saturated rings. The predicted octanol–water partition coefficient (Wildman–Crippen LogP) is 5.29. The zero-order valence-corrected chi connectivity index (χ0v) is 21.6. The fourth-order valence-corrected chi connectivity index (χ4v) is 3.64. The van der Waals surface area contributed by atoms with Crippen LogP contribution in [0.5, 0.6) is 17.5 Å². The molecule has 0 radical (unpaired) electrons. The van der Waals surface area contributed by atoms with Crippen molar-refractivity contribution < 1.29 is 33.0 Å². The molecule has 2 aromatic carbocycles. The fraction of sp³-hybridized carbons (Fsp3) is 0.321. The molecule has 0 aliphatic carbocycles. The van der Waals surface area contributed by atoms with Gasteiger partial charge in [0.1, 0.15) is 5.75 Å². The molecule has 4 N–H and O–H groups in total. The normalized spacial score (nSPS) is 11.9. The van der Waals surface area contributed by atoms with Crippen LogP contribution in [0.2, 0.25) is 0 Å². The number of nitrogens with zero attached hydrogens (tertiary/aromatic N) is 1. The number of nitrogens with one attached hydrogen (secondary N) is 1. The smallest absolute Gasteiger partial charge is 0.344 e. The molecule has 0 saturated heterocycles. The van der Waals surface area contributed by atoms with Crippen molar-refractivity contribution in [1.82, 2.24) is 10.3 Å². The topological polar surface area (TPSA) is 124 Å². The molecule has 1 heterocycles. The van der Waals surface area contributed by atoms with Crippen LogP contribution in [0, 0.1) is 17.6 Å². The summed E-state index contributed by atoms with van der Waals surface area (Å²) in [6.07, 6.45) is -1.30. The van der Waals surface area contributed by atoms with Crippen molar-refractivity contribution in [3.63, 3.8) is 0 Å². The molecule has 3 aromatic rings. The monoisotopic (exact) mass is 527 g/mol. The van der Waals surface area contributed by atoms with E-state index in [0.717, 1.165) is 11.1 Å². The molecule has 0 spiro atoms. The van der Waals surface area contributed by atoms with Crippen molar-refractivity contribution in [3.05, 3.63) is 71.3 Å². The zero-order chi connectivity index (χ0) is 28.0. The van der Waals surface area contributed by atoms with Crippen molar-refractivity contribution in [2.45, 2.75) is 52.8 Å². The second kappa shape index (κ2) is 12.5. The number of aliphatic carboxylic acids is 1. The summed E-state index contributed by atoms with van der Waals surface area (Å²) in [7, 11) is 0. The van der Waals surface area contributed by atoms with Crippen molar-refractivity contribution in [3.8, 4) is 28.6 Å². The number of carboxylic acids is 1. The predicted molar refractivity (Wildman–Crippen MR) is 138 cm³/mol. The van der Waals surface area contributed by atoms with E-state index in [4.69, 9.17) is 15.2 Å². The number of benzene rings is 2. The minimum absolute atomic E-state index is 0.0514. The highest BCUT2D eigenvalue weighted by Crippen LogP contribution is 2.32. The van der Waals surface area contributed by atoms with Crippen LogP contribution in [0.15, 0.2) is 48.5 Å². The van der Waals surface area contributed by atoms with Gasteiger partial charge in [0, 0.05) is 24.2 Å². The van der Waals surface area contributed by atoms with Crippen LogP contribution in [0.1, 0.15) is 50.0 Å². The van der Waals surface area contributed by atoms with Gasteiger partial charge in [0.05, 0.1) is 0 Å². The summed E-state index contributed by atoms with van der Waals surface area (Å²) in [6.45, 7) is 7.50. The van der Waals surface area contributed by atoms with Crippen LogP contribution >= 0.6 is 0 Å². The fourth-order valence-electron chi connectivity index (χ4n) is 3.64. The number of pyridine rings is 1.